The van der Waals surface area contributed by atoms with Crippen molar-refractivity contribution in [1.82, 2.24) is 4.90 Å². The molecule has 1 aliphatic rings. The van der Waals surface area contributed by atoms with Gasteiger partial charge < -0.3 is 4.74 Å². The Bertz CT molecular complexity index is 544. The number of benzene rings is 2. The molecule has 104 valence electrons. The van der Waals surface area contributed by atoms with Crippen LogP contribution in [0.4, 0.5) is 0 Å². The van der Waals surface area contributed by atoms with Crippen LogP contribution in [0.3, 0.4) is 0 Å². The number of ether oxygens (including phenoxy) is 1. The van der Waals surface area contributed by atoms with E-state index in [1.807, 2.05) is 17.8 Å². The highest BCUT2D eigenvalue weighted by Gasteiger charge is 2.14. The van der Waals surface area contributed by atoms with E-state index in [-0.39, 0.29) is 0 Å². The lowest BCUT2D eigenvalue weighted by Gasteiger charge is -2.18. The van der Waals surface area contributed by atoms with Crippen molar-refractivity contribution in [3.63, 3.8) is 0 Å². The van der Waals surface area contributed by atoms with Crippen molar-refractivity contribution < 1.29 is 4.74 Å². The predicted octanol–water partition coefficient (Wildman–Crippen LogP) is 3.67. The molecule has 2 nitrogen and oxygen atoms in total. The van der Waals surface area contributed by atoms with Gasteiger partial charge in [-0.05, 0) is 18.2 Å². The normalized spacial score (nSPS) is 15.2. The molecule has 1 aliphatic heterocycles. The second kappa shape index (κ2) is 6.82. The van der Waals surface area contributed by atoms with E-state index in [0.29, 0.717) is 0 Å². The van der Waals surface area contributed by atoms with Gasteiger partial charge in [0.2, 0.25) is 0 Å². The van der Waals surface area contributed by atoms with E-state index in [1.54, 1.807) is 0 Å². The van der Waals surface area contributed by atoms with E-state index in [9.17, 15) is 0 Å². The average molecular weight is 285 g/mol. The average Bonchev–Trinajstić information content (AvgIpc) is 2.70. The molecule has 0 unspecified atom stereocenters. The molecule has 0 aromatic heterocycles. The van der Waals surface area contributed by atoms with Crippen LogP contribution in [0.15, 0.2) is 59.5 Å². The zero-order chi connectivity index (χ0) is 13.6. The third-order valence-electron chi connectivity index (χ3n) is 3.45. The molecule has 0 amide bonds. The van der Waals surface area contributed by atoms with Crippen LogP contribution < -0.4 is 4.74 Å². The van der Waals surface area contributed by atoms with E-state index in [1.165, 1.54) is 10.5 Å². The molecule has 0 spiro atoms. The van der Waals surface area contributed by atoms with Gasteiger partial charge in [0.1, 0.15) is 12.4 Å². The second-order valence-corrected chi connectivity index (χ2v) is 6.06. The lowest BCUT2D eigenvalue weighted by Crippen LogP contribution is -2.28. The number of para-hydroxylation sites is 1. The fourth-order valence-electron chi connectivity index (χ4n) is 2.38. The predicted molar refractivity (Wildman–Crippen MR) is 84.4 cm³/mol. The first-order valence-electron chi connectivity index (χ1n) is 7.03. The summed E-state index contributed by atoms with van der Waals surface area (Å²) in [6, 6.07) is 19.0. The summed E-state index contributed by atoms with van der Waals surface area (Å²) in [4.78, 5) is 3.82. The maximum absolute atomic E-state index is 5.79. The zero-order valence-electron chi connectivity index (χ0n) is 11.5. The van der Waals surface area contributed by atoms with Gasteiger partial charge in [-0.1, -0.05) is 36.4 Å². The van der Waals surface area contributed by atoms with Crippen LogP contribution in [0.5, 0.6) is 5.75 Å². The first-order chi connectivity index (χ1) is 9.92. The third kappa shape index (κ3) is 3.56. The summed E-state index contributed by atoms with van der Waals surface area (Å²) in [7, 11) is 0. The second-order valence-electron chi connectivity index (χ2n) is 4.89. The maximum atomic E-state index is 5.79. The van der Waals surface area contributed by atoms with Crippen LogP contribution in [0, 0.1) is 0 Å². The van der Waals surface area contributed by atoms with Crippen LogP contribution in [0.2, 0.25) is 0 Å². The quantitative estimate of drug-likeness (QED) is 0.795. The largest absolute Gasteiger partial charge is 0.492 e. The van der Waals surface area contributed by atoms with Gasteiger partial charge in [0.15, 0.2) is 0 Å². The van der Waals surface area contributed by atoms with Crippen LogP contribution in [0.25, 0.3) is 0 Å². The topological polar surface area (TPSA) is 12.5 Å². The zero-order valence-corrected chi connectivity index (χ0v) is 12.3. The minimum absolute atomic E-state index is 0.785. The Balaban J connectivity index is 1.54. The molecule has 2 aromatic rings. The Morgan fingerprint density at radius 3 is 2.70 bits per heavy atom. The Kier molecular flexibility index (Phi) is 4.61. The van der Waals surface area contributed by atoms with Crippen LogP contribution in [-0.2, 0) is 6.54 Å². The molecule has 3 heteroatoms. The van der Waals surface area contributed by atoms with Gasteiger partial charge in [-0.15, -0.1) is 11.8 Å². The first kappa shape index (κ1) is 13.5. The van der Waals surface area contributed by atoms with Crippen molar-refractivity contribution in [1.29, 1.82) is 0 Å². The molecule has 20 heavy (non-hydrogen) atoms. The smallest absolute Gasteiger partial charge is 0.123 e. The number of hydrogen-bond donors (Lipinski definition) is 0. The number of hydrogen-bond acceptors (Lipinski definition) is 3. The summed E-state index contributed by atoms with van der Waals surface area (Å²) in [5.41, 5.74) is 1.30. The van der Waals surface area contributed by atoms with E-state index in [2.05, 4.69) is 53.4 Å². The Morgan fingerprint density at radius 2 is 1.80 bits per heavy atom. The summed E-state index contributed by atoms with van der Waals surface area (Å²) >= 11 is 1.92. The molecule has 0 saturated heterocycles. The molecule has 0 aliphatic carbocycles. The van der Waals surface area contributed by atoms with Gasteiger partial charge in [-0.2, -0.15) is 0 Å². The Labute approximate surface area is 124 Å². The van der Waals surface area contributed by atoms with E-state index < -0.39 is 0 Å². The maximum Gasteiger partial charge on any atom is 0.123 e. The van der Waals surface area contributed by atoms with Gasteiger partial charge in [0.05, 0.1) is 0 Å². The number of thioether (sulfide) groups is 1. The molecular formula is C17H19NOS. The molecular weight excluding hydrogens is 266 g/mol. The van der Waals surface area contributed by atoms with Crippen molar-refractivity contribution in [3.8, 4) is 5.75 Å². The van der Waals surface area contributed by atoms with Crippen molar-refractivity contribution in [3.05, 3.63) is 60.2 Å². The van der Waals surface area contributed by atoms with Crippen molar-refractivity contribution >= 4 is 11.8 Å². The highest BCUT2D eigenvalue weighted by atomic mass is 32.2. The van der Waals surface area contributed by atoms with Crippen LogP contribution >= 0.6 is 11.8 Å². The summed E-state index contributed by atoms with van der Waals surface area (Å²) in [5.74, 6) is 2.16. The third-order valence-corrected chi connectivity index (χ3v) is 4.44. The standard InChI is InChI=1S/C17H19NOS/c1-2-7-16(8-3-1)20-13-11-18-10-12-19-17-9-5-4-6-15(17)14-18/h1-9H,10-14H2. The fraction of sp³-hybridized carbons (Fsp3) is 0.294. The monoisotopic (exact) mass is 285 g/mol. The molecule has 0 saturated carbocycles. The fourth-order valence-corrected chi connectivity index (χ4v) is 3.31. The van der Waals surface area contributed by atoms with Crippen molar-refractivity contribution in [2.75, 3.05) is 25.4 Å². The highest BCUT2D eigenvalue weighted by Crippen LogP contribution is 2.23. The summed E-state index contributed by atoms with van der Waals surface area (Å²) in [5, 5.41) is 0. The minimum atomic E-state index is 0.785. The summed E-state index contributed by atoms with van der Waals surface area (Å²) < 4.78 is 5.79. The van der Waals surface area contributed by atoms with Gasteiger partial charge in [-0.3, -0.25) is 4.90 Å². The highest BCUT2D eigenvalue weighted by molar-refractivity contribution is 7.99. The van der Waals surface area contributed by atoms with Crippen molar-refractivity contribution in [2.45, 2.75) is 11.4 Å². The van der Waals surface area contributed by atoms with Crippen molar-refractivity contribution in [2.24, 2.45) is 0 Å². The Hall–Kier alpha value is -1.45. The van der Waals surface area contributed by atoms with Gasteiger partial charge in [0.25, 0.3) is 0 Å². The summed E-state index contributed by atoms with van der Waals surface area (Å²) in [6.07, 6.45) is 0. The van der Waals surface area contributed by atoms with Gasteiger partial charge in [-0.25, -0.2) is 0 Å². The number of rotatable bonds is 4. The first-order valence-corrected chi connectivity index (χ1v) is 8.01. The molecule has 0 radical (unpaired) electrons. The molecule has 0 bridgehead atoms. The molecule has 2 aromatic carbocycles. The van der Waals surface area contributed by atoms with Crippen LogP contribution in [-0.4, -0.2) is 30.3 Å². The molecule has 0 N–H and O–H groups in total. The minimum Gasteiger partial charge on any atom is -0.492 e. The number of nitrogens with zero attached hydrogens (tertiary/aromatic N) is 1. The van der Waals surface area contributed by atoms with E-state index in [0.717, 1.165) is 37.7 Å². The summed E-state index contributed by atoms with van der Waals surface area (Å²) in [6.45, 7) is 3.87. The van der Waals surface area contributed by atoms with E-state index in [4.69, 9.17) is 4.74 Å². The molecule has 0 fully saturated rings. The lowest BCUT2D eigenvalue weighted by atomic mass is 10.2. The van der Waals surface area contributed by atoms with Crippen LogP contribution in [0.1, 0.15) is 5.56 Å². The lowest BCUT2D eigenvalue weighted by molar-refractivity contribution is 0.236. The molecule has 1 heterocycles. The van der Waals surface area contributed by atoms with Gasteiger partial charge in [0, 0.05) is 35.8 Å². The Morgan fingerprint density at radius 1 is 1.00 bits per heavy atom. The number of fused-ring (bicyclic) bond motifs is 1. The van der Waals surface area contributed by atoms with E-state index >= 15 is 0 Å². The SMILES string of the molecule is c1ccc(SCCN2CCOc3ccccc3C2)cc1. The van der Waals surface area contributed by atoms with Gasteiger partial charge >= 0.3 is 0 Å². The molecule has 0 atom stereocenters. The molecule has 3 rings (SSSR count).